The molecule has 1 aromatic carbocycles. The largest absolute Gasteiger partial charge is 0.481 e. The van der Waals surface area contributed by atoms with Gasteiger partial charge in [0.05, 0.1) is 11.6 Å². The summed E-state index contributed by atoms with van der Waals surface area (Å²) in [6.45, 7) is 0.317. The molecular formula is C12H11BrN2O3. The number of nitrogens with zero attached hydrogens (tertiary/aromatic N) is 2. The number of carboxylic acid groups (broad SMARTS) is 1. The van der Waals surface area contributed by atoms with E-state index in [4.69, 9.17) is 5.11 Å². The second kappa shape index (κ2) is 5.30. The maximum Gasteiger partial charge on any atom is 0.303 e. The molecule has 2 aromatic rings. The number of aryl methyl sites for hydroxylation is 1. The lowest BCUT2D eigenvalue weighted by molar-refractivity contribution is -0.137. The van der Waals surface area contributed by atoms with Gasteiger partial charge >= 0.3 is 5.97 Å². The van der Waals surface area contributed by atoms with Crippen LogP contribution in [0.5, 0.6) is 0 Å². The molecule has 94 valence electrons. The third-order valence-electron chi connectivity index (χ3n) is 2.58. The SMILES string of the molecule is O=C(O)CCCn1ncc2cc(Br)ccc2c1=O. The highest BCUT2D eigenvalue weighted by atomic mass is 79.9. The molecule has 0 saturated carbocycles. The van der Waals surface area contributed by atoms with E-state index in [-0.39, 0.29) is 12.0 Å². The molecule has 0 amide bonds. The quantitative estimate of drug-likeness (QED) is 0.937. The van der Waals surface area contributed by atoms with Crippen LogP contribution in [0.15, 0.2) is 33.7 Å². The van der Waals surface area contributed by atoms with Gasteiger partial charge in [-0.2, -0.15) is 5.10 Å². The Morgan fingerprint density at radius 1 is 1.44 bits per heavy atom. The Bertz CT molecular complexity index is 651. The second-order valence-corrected chi connectivity index (χ2v) is 4.82. The van der Waals surface area contributed by atoms with Gasteiger partial charge in [-0.1, -0.05) is 15.9 Å². The van der Waals surface area contributed by atoms with E-state index in [0.29, 0.717) is 18.4 Å². The monoisotopic (exact) mass is 310 g/mol. The number of fused-ring (bicyclic) bond motifs is 1. The highest BCUT2D eigenvalue weighted by molar-refractivity contribution is 9.10. The molecule has 0 aliphatic heterocycles. The maximum absolute atomic E-state index is 12.1. The lowest BCUT2D eigenvalue weighted by Gasteiger charge is -2.05. The number of benzene rings is 1. The Kier molecular flexibility index (Phi) is 3.76. The molecule has 6 heteroatoms. The summed E-state index contributed by atoms with van der Waals surface area (Å²) >= 11 is 3.33. The van der Waals surface area contributed by atoms with Crippen LogP contribution in [0.4, 0.5) is 0 Å². The molecule has 0 bridgehead atoms. The Hall–Kier alpha value is -1.69. The maximum atomic E-state index is 12.1. The van der Waals surface area contributed by atoms with Gasteiger partial charge in [-0.25, -0.2) is 4.68 Å². The van der Waals surface area contributed by atoms with Crippen LogP contribution in [-0.4, -0.2) is 20.9 Å². The van der Waals surface area contributed by atoms with Crippen molar-refractivity contribution in [3.05, 3.63) is 39.2 Å². The predicted molar refractivity (Wildman–Crippen MR) is 70.6 cm³/mol. The van der Waals surface area contributed by atoms with Crippen molar-refractivity contribution in [1.29, 1.82) is 0 Å². The summed E-state index contributed by atoms with van der Waals surface area (Å²) in [5.74, 6) is -0.868. The van der Waals surface area contributed by atoms with Crippen molar-refractivity contribution in [2.45, 2.75) is 19.4 Å². The molecule has 1 heterocycles. The van der Waals surface area contributed by atoms with Crippen molar-refractivity contribution in [2.24, 2.45) is 0 Å². The van der Waals surface area contributed by atoms with E-state index in [9.17, 15) is 9.59 Å². The smallest absolute Gasteiger partial charge is 0.303 e. The van der Waals surface area contributed by atoms with Crippen LogP contribution < -0.4 is 5.56 Å². The van der Waals surface area contributed by atoms with Crippen molar-refractivity contribution < 1.29 is 9.90 Å². The van der Waals surface area contributed by atoms with E-state index in [1.807, 2.05) is 6.07 Å². The van der Waals surface area contributed by atoms with Gasteiger partial charge in [-0.3, -0.25) is 9.59 Å². The number of aromatic nitrogens is 2. The highest BCUT2D eigenvalue weighted by Gasteiger charge is 2.05. The second-order valence-electron chi connectivity index (χ2n) is 3.90. The van der Waals surface area contributed by atoms with Crippen LogP contribution in [0, 0.1) is 0 Å². The van der Waals surface area contributed by atoms with E-state index in [2.05, 4.69) is 21.0 Å². The molecule has 1 N–H and O–H groups in total. The first kappa shape index (κ1) is 12.8. The normalized spacial score (nSPS) is 10.7. The summed E-state index contributed by atoms with van der Waals surface area (Å²) in [4.78, 5) is 22.5. The fourth-order valence-corrected chi connectivity index (χ4v) is 2.08. The van der Waals surface area contributed by atoms with Crippen molar-refractivity contribution in [3.63, 3.8) is 0 Å². The lowest BCUT2D eigenvalue weighted by Crippen LogP contribution is -2.23. The van der Waals surface area contributed by atoms with Gasteiger partial charge in [-0.05, 0) is 24.6 Å². The van der Waals surface area contributed by atoms with Gasteiger partial charge in [0, 0.05) is 22.8 Å². The number of aliphatic carboxylic acids is 1. The predicted octanol–water partition coefficient (Wildman–Crippen LogP) is 2.02. The number of carbonyl (C=O) groups is 1. The minimum absolute atomic E-state index is 0.0342. The molecule has 0 atom stereocenters. The standard InChI is InChI=1S/C12H11BrN2O3/c13-9-3-4-10-8(6-9)7-14-15(12(10)18)5-1-2-11(16)17/h3-4,6-7H,1-2,5H2,(H,16,17). The fraction of sp³-hybridized carbons (Fsp3) is 0.250. The first-order valence-corrected chi connectivity index (χ1v) is 6.24. The van der Waals surface area contributed by atoms with Gasteiger partial charge in [0.15, 0.2) is 0 Å². The summed E-state index contributed by atoms with van der Waals surface area (Å²) in [6, 6.07) is 5.35. The number of carboxylic acids is 1. The van der Waals surface area contributed by atoms with E-state index >= 15 is 0 Å². The van der Waals surface area contributed by atoms with Gasteiger partial charge < -0.3 is 5.11 Å². The third kappa shape index (κ3) is 2.76. The van der Waals surface area contributed by atoms with Crippen molar-refractivity contribution in [1.82, 2.24) is 9.78 Å². The average molecular weight is 311 g/mol. The van der Waals surface area contributed by atoms with Crippen LogP contribution in [-0.2, 0) is 11.3 Å². The summed E-state index contributed by atoms with van der Waals surface area (Å²) in [5, 5.41) is 13.9. The molecular weight excluding hydrogens is 300 g/mol. The first-order valence-electron chi connectivity index (χ1n) is 5.45. The molecule has 18 heavy (non-hydrogen) atoms. The molecule has 1 aromatic heterocycles. The Labute approximate surface area is 111 Å². The van der Waals surface area contributed by atoms with Gasteiger partial charge in [-0.15, -0.1) is 0 Å². The number of rotatable bonds is 4. The molecule has 0 unspecified atom stereocenters. The molecule has 5 nitrogen and oxygen atoms in total. The molecule has 0 saturated heterocycles. The zero-order chi connectivity index (χ0) is 13.1. The topological polar surface area (TPSA) is 72.2 Å². The van der Waals surface area contributed by atoms with Crippen molar-refractivity contribution in [2.75, 3.05) is 0 Å². The lowest BCUT2D eigenvalue weighted by atomic mass is 10.2. The van der Waals surface area contributed by atoms with Gasteiger partial charge in [0.2, 0.25) is 0 Å². The summed E-state index contributed by atoms with van der Waals surface area (Å²) in [6.07, 6.45) is 2.04. The van der Waals surface area contributed by atoms with Crippen molar-refractivity contribution in [3.8, 4) is 0 Å². The Morgan fingerprint density at radius 3 is 2.94 bits per heavy atom. The van der Waals surface area contributed by atoms with Crippen LogP contribution in [0.1, 0.15) is 12.8 Å². The highest BCUT2D eigenvalue weighted by Crippen LogP contribution is 2.15. The minimum Gasteiger partial charge on any atom is -0.481 e. The van der Waals surface area contributed by atoms with E-state index < -0.39 is 5.97 Å². The van der Waals surface area contributed by atoms with E-state index in [1.165, 1.54) is 4.68 Å². The molecule has 0 aliphatic carbocycles. The molecule has 2 rings (SSSR count). The molecule has 0 spiro atoms. The number of hydrogen-bond donors (Lipinski definition) is 1. The zero-order valence-electron chi connectivity index (χ0n) is 9.47. The first-order chi connectivity index (χ1) is 8.58. The fourth-order valence-electron chi connectivity index (χ4n) is 1.70. The number of hydrogen-bond acceptors (Lipinski definition) is 3. The Balaban J connectivity index is 2.30. The van der Waals surface area contributed by atoms with Gasteiger partial charge in [0.1, 0.15) is 0 Å². The average Bonchev–Trinajstić information content (AvgIpc) is 2.31. The molecule has 0 radical (unpaired) electrons. The third-order valence-corrected chi connectivity index (χ3v) is 3.07. The van der Waals surface area contributed by atoms with Crippen LogP contribution in [0.3, 0.4) is 0 Å². The van der Waals surface area contributed by atoms with Gasteiger partial charge in [0.25, 0.3) is 5.56 Å². The van der Waals surface area contributed by atoms with Crippen LogP contribution in [0.25, 0.3) is 10.8 Å². The minimum atomic E-state index is -0.868. The van der Waals surface area contributed by atoms with Crippen molar-refractivity contribution >= 4 is 32.7 Å². The molecule has 0 fully saturated rings. The van der Waals surface area contributed by atoms with Crippen LogP contribution in [0.2, 0.25) is 0 Å². The van der Waals surface area contributed by atoms with Crippen LogP contribution >= 0.6 is 15.9 Å². The summed E-state index contributed by atoms with van der Waals surface area (Å²) < 4.78 is 2.19. The summed E-state index contributed by atoms with van der Waals surface area (Å²) in [7, 11) is 0. The summed E-state index contributed by atoms with van der Waals surface area (Å²) in [5.41, 5.74) is -0.189. The van der Waals surface area contributed by atoms with E-state index in [0.717, 1.165) is 9.86 Å². The zero-order valence-corrected chi connectivity index (χ0v) is 11.1. The Morgan fingerprint density at radius 2 is 2.22 bits per heavy atom. The molecule has 0 aliphatic rings. The number of halogens is 1. The van der Waals surface area contributed by atoms with E-state index in [1.54, 1.807) is 18.3 Å².